The topological polar surface area (TPSA) is 56.8 Å². The van der Waals surface area contributed by atoms with Crippen molar-refractivity contribution < 1.29 is 19.0 Å². The number of ether oxygens (including phenoxy) is 3. The van der Waals surface area contributed by atoms with E-state index < -0.39 is 0 Å². The summed E-state index contributed by atoms with van der Waals surface area (Å²) in [5.41, 5.74) is 2.07. The third kappa shape index (κ3) is 5.59. The Labute approximate surface area is 159 Å². The van der Waals surface area contributed by atoms with Gasteiger partial charge in [-0.25, -0.2) is 0 Å². The van der Waals surface area contributed by atoms with Gasteiger partial charge < -0.3 is 19.5 Å². The number of para-hydroxylation sites is 1. The molecule has 0 aliphatic carbocycles. The van der Waals surface area contributed by atoms with Crippen LogP contribution in [0.25, 0.3) is 0 Å². The third-order valence-electron chi connectivity index (χ3n) is 4.18. The maximum atomic E-state index is 12.6. The van der Waals surface area contributed by atoms with E-state index in [9.17, 15) is 4.79 Å². The molecule has 1 saturated heterocycles. The zero-order valence-electron chi connectivity index (χ0n) is 15.6. The van der Waals surface area contributed by atoms with Crippen LogP contribution in [0.5, 0.6) is 11.5 Å². The van der Waals surface area contributed by atoms with E-state index in [1.165, 1.54) is 0 Å². The van der Waals surface area contributed by atoms with Crippen molar-refractivity contribution in [3.63, 3.8) is 0 Å². The molecule has 1 amide bonds. The first kappa shape index (κ1) is 19.0. The van der Waals surface area contributed by atoms with Gasteiger partial charge in [-0.2, -0.15) is 0 Å². The third-order valence-corrected chi connectivity index (χ3v) is 4.18. The van der Waals surface area contributed by atoms with Crippen LogP contribution < -0.4 is 14.8 Å². The van der Waals surface area contributed by atoms with Crippen LogP contribution in [0.3, 0.4) is 0 Å². The van der Waals surface area contributed by atoms with E-state index in [1.807, 2.05) is 43.3 Å². The smallest absolute Gasteiger partial charge is 0.259 e. The van der Waals surface area contributed by atoms with Crippen LogP contribution in [0, 0.1) is 0 Å². The summed E-state index contributed by atoms with van der Waals surface area (Å²) in [6, 6.07) is 14.5. The fourth-order valence-electron chi connectivity index (χ4n) is 2.78. The van der Waals surface area contributed by atoms with Crippen LogP contribution in [0.1, 0.15) is 30.1 Å². The first-order chi connectivity index (χ1) is 13.1. The minimum absolute atomic E-state index is 0.181. The molecule has 1 atom stereocenters. The highest BCUT2D eigenvalue weighted by atomic mass is 16.5. The Hall–Kier alpha value is -2.79. The zero-order chi connectivity index (χ0) is 19.1. The number of carbonyl (C=O) groups excluding carboxylic acids is 1. The second-order valence-electron chi connectivity index (χ2n) is 6.67. The molecule has 1 aliphatic rings. The Balaban J connectivity index is 1.58. The predicted molar refractivity (Wildman–Crippen MR) is 106 cm³/mol. The number of amides is 1. The molecule has 5 heteroatoms. The molecule has 2 aromatic carbocycles. The fourth-order valence-corrected chi connectivity index (χ4v) is 2.78. The van der Waals surface area contributed by atoms with Gasteiger partial charge in [-0.3, -0.25) is 4.79 Å². The molecule has 1 N–H and O–H groups in total. The van der Waals surface area contributed by atoms with Gasteiger partial charge in [0.15, 0.2) is 0 Å². The Bertz CT molecular complexity index is 779. The molecule has 27 heavy (non-hydrogen) atoms. The molecule has 0 bridgehead atoms. The molecule has 3 rings (SSSR count). The summed E-state index contributed by atoms with van der Waals surface area (Å²) in [5, 5.41) is 2.89. The highest BCUT2D eigenvalue weighted by molar-refractivity contribution is 6.06. The Morgan fingerprint density at radius 2 is 1.96 bits per heavy atom. The highest BCUT2D eigenvalue weighted by Crippen LogP contribution is 2.22. The number of carbonyl (C=O) groups is 1. The number of hydrogen-bond acceptors (Lipinski definition) is 4. The summed E-state index contributed by atoms with van der Waals surface area (Å²) in [6.07, 6.45) is 2.32. The molecule has 142 valence electrons. The minimum Gasteiger partial charge on any atom is -0.491 e. The van der Waals surface area contributed by atoms with E-state index in [0.717, 1.165) is 30.8 Å². The van der Waals surface area contributed by atoms with Crippen molar-refractivity contribution in [3.8, 4) is 11.5 Å². The highest BCUT2D eigenvalue weighted by Gasteiger charge is 2.16. The van der Waals surface area contributed by atoms with Crippen LogP contribution in [0.2, 0.25) is 0 Å². The van der Waals surface area contributed by atoms with E-state index in [1.54, 1.807) is 12.1 Å². The second kappa shape index (κ2) is 9.24. The van der Waals surface area contributed by atoms with Crippen LogP contribution in [0.15, 0.2) is 60.7 Å². The standard InChI is InChI=1S/C22H25NO4/c1-16(2)14-27-21-8-4-3-7-20(21)22(24)23-17-9-11-18(12-10-17)26-15-19-6-5-13-25-19/h3-4,7-12,19H,1,5-6,13-15H2,2H3,(H,23,24)/t19-/m1/s1. The Morgan fingerprint density at radius 3 is 2.67 bits per heavy atom. The van der Waals surface area contributed by atoms with Gasteiger partial charge in [0.05, 0.1) is 11.7 Å². The van der Waals surface area contributed by atoms with Gasteiger partial charge in [0.25, 0.3) is 5.91 Å². The Morgan fingerprint density at radius 1 is 1.19 bits per heavy atom. The van der Waals surface area contributed by atoms with Gasteiger partial charge in [0.1, 0.15) is 24.7 Å². The maximum absolute atomic E-state index is 12.6. The average molecular weight is 367 g/mol. The SMILES string of the molecule is C=C(C)COc1ccccc1C(=O)Nc1ccc(OC[C@H]2CCCO2)cc1. The van der Waals surface area contributed by atoms with E-state index in [-0.39, 0.29) is 12.0 Å². The second-order valence-corrected chi connectivity index (χ2v) is 6.67. The van der Waals surface area contributed by atoms with Crippen LogP contribution in [-0.2, 0) is 4.74 Å². The van der Waals surface area contributed by atoms with Gasteiger partial charge >= 0.3 is 0 Å². The summed E-state index contributed by atoms with van der Waals surface area (Å²) in [7, 11) is 0. The largest absolute Gasteiger partial charge is 0.491 e. The van der Waals surface area contributed by atoms with Crippen molar-refractivity contribution in [2.45, 2.75) is 25.9 Å². The quantitative estimate of drug-likeness (QED) is 0.700. The van der Waals surface area contributed by atoms with E-state index >= 15 is 0 Å². The average Bonchev–Trinajstić information content (AvgIpc) is 3.19. The Kier molecular flexibility index (Phi) is 6.49. The lowest BCUT2D eigenvalue weighted by Crippen LogP contribution is -2.16. The minimum atomic E-state index is -0.222. The lowest BCUT2D eigenvalue weighted by Gasteiger charge is -2.13. The molecule has 1 heterocycles. The molecule has 0 spiro atoms. The summed E-state index contributed by atoms with van der Waals surface area (Å²) in [5.74, 6) is 1.07. The van der Waals surface area contributed by atoms with Gasteiger partial charge in [-0.05, 0) is 61.7 Å². The first-order valence-corrected chi connectivity index (χ1v) is 9.14. The summed E-state index contributed by atoms with van der Waals surface area (Å²) in [6.45, 7) is 7.44. The van der Waals surface area contributed by atoms with Gasteiger partial charge in [-0.15, -0.1) is 0 Å². The molecule has 1 fully saturated rings. The van der Waals surface area contributed by atoms with Crippen LogP contribution >= 0.6 is 0 Å². The van der Waals surface area contributed by atoms with Crippen molar-refractivity contribution in [2.75, 3.05) is 25.1 Å². The number of rotatable bonds is 8. The van der Waals surface area contributed by atoms with E-state index in [0.29, 0.717) is 30.2 Å². The molecular formula is C22H25NO4. The number of benzene rings is 2. The number of anilines is 1. The summed E-state index contributed by atoms with van der Waals surface area (Å²) < 4.78 is 17.0. The molecule has 0 aromatic heterocycles. The number of hydrogen-bond donors (Lipinski definition) is 1. The van der Waals surface area contributed by atoms with E-state index in [2.05, 4.69) is 11.9 Å². The van der Waals surface area contributed by atoms with Crippen molar-refractivity contribution in [2.24, 2.45) is 0 Å². The number of nitrogens with one attached hydrogen (secondary N) is 1. The van der Waals surface area contributed by atoms with Gasteiger partial charge in [-0.1, -0.05) is 18.7 Å². The normalized spacial score (nSPS) is 16.0. The van der Waals surface area contributed by atoms with Crippen molar-refractivity contribution >= 4 is 11.6 Å². The van der Waals surface area contributed by atoms with Crippen molar-refractivity contribution in [3.05, 3.63) is 66.2 Å². The van der Waals surface area contributed by atoms with Gasteiger partial charge in [0, 0.05) is 12.3 Å². The summed E-state index contributed by atoms with van der Waals surface area (Å²) >= 11 is 0. The monoisotopic (exact) mass is 367 g/mol. The molecule has 0 unspecified atom stereocenters. The zero-order valence-corrected chi connectivity index (χ0v) is 15.6. The molecule has 1 aliphatic heterocycles. The van der Waals surface area contributed by atoms with E-state index in [4.69, 9.17) is 14.2 Å². The van der Waals surface area contributed by atoms with Crippen molar-refractivity contribution in [1.29, 1.82) is 0 Å². The molecular weight excluding hydrogens is 342 g/mol. The molecule has 5 nitrogen and oxygen atoms in total. The van der Waals surface area contributed by atoms with Crippen LogP contribution in [-0.4, -0.2) is 31.8 Å². The fraction of sp³-hybridized carbons (Fsp3) is 0.318. The molecule has 0 saturated carbocycles. The van der Waals surface area contributed by atoms with Crippen molar-refractivity contribution in [1.82, 2.24) is 0 Å². The van der Waals surface area contributed by atoms with Crippen LogP contribution in [0.4, 0.5) is 5.69 Å². The molecule has 2 aromatic rings. The maximum Gasteiger partial charge on any atom is 0.259 e. The predicted octanol–water partition coefficient (Wildman–Crippen LogP) is 4.45. The lowest BCUT2D eigenvalue weighted by atomic mass is 10.1. The van der Waals surface area contributed by atoms with Gasteiger partial charge in [0.2, 0.25) is 0 Å². The lowest BCUT2D eigenvalue weighted by molar-refractivity contribution is 0.0679. The summed E-state index contributed by atoms with van der Waals surface area (Å²) in [4.78, 5) is 12.6. The first-order valence-electron chi connectivity index (χ1n) is 9.14. The molecule has 0 radical (unpaired) electrons.